The lowest BCUT2D eigenvalue weighted by Gasteiger charge is -2.05. The normalized spacial score (nSPS) is 11.2. The summed E-state index contributed by atoms with van der Waals surface area (Å²) in [5, 5.41) is 0. The Morgan fingerprint density at radius 1 is 1.17 bits per heavy atom. The van der Waals surface area contributed by atoms with Crippen LogP contribution in [0.4, 0.5) is 0 Å². The third-order valence-electron chi connectivity index (χ3n) is 3.60. The summed E-state index contributed by atoms with van der Waals surface area (Å²) < 4.78 is 5.70. The van der Waals surface area contributed by atoms with Gasteiger partial charge in [-0.25, -0.2) is 4.98 Å². The van der Waals surface area contributed by atoms with Gasteiger partial charge in [-0.15, -0.1) is 0 Å². The van der Waals surface area contributed by atoms with E-state index >= 15 is 0 Å². The van der Waals surface area contributed by atoms with E-state index in [4.69, 9.17) is 4.74 Å². The summed E-state index contributed by atoms with van der Waals surface area (Å²) >= 11 is 0. The molecule has 0 aliphatic rings. The molecule has 24 heavy (non-hydrogen) atoms. The van der Waals surface area contributed by atoms with Gasteiger partial charge in [-0.05, 0) is 64.0 Å². The maximum atomic E-state index is 12.1. The summed E-state index contributed by atoms with van der Waals surface area (Å²) in [6.07, 6.45) is 9.65. The Morgan fingerprint density at radius 3 is 2.54 bits per heavy atom. The zero-order valence-electron chi connectivity index (χ0n) is 14.5. The van der Waals surface area contributed by atoms with Crippen molar-refractivity contribution in [1.29, 1.82) is 0 Å². The number of benzene rings is 1. The van der Waals surface area contributed by atoms with Crippen LogP contribution in [-0.4, -0.2) is 22.4 Å². The number of nitrogens with zero attached hydrogens (tertiary/aromatic N) is 1. The van der Waals surface area contributed by atoms with Crippen molar-refractivity contribution in [2.75, 3.05) is 6.61 Å². The van der Waals surface area contributed by atoms with Gasteiger partial charge in [-0.1, -0.05) is 17.2 Å². The molecule has 1 N–H and O–H groups in total. The minimum Gasteiger partial charge on any atom is -0.490 e. The number of ketones is 1. The van der Waals surface area contributed by atoms with Gasteiger partial charge in [0.15, 0.2) is 5.82 Å². The Balaban J connectivity index is 1.84. The molecule has 0 spiro atoms. The minimum absolute atomic E-state index is 0.124. The maximum Gasteiger partial charge on any atom is 0.228 e. The molecule has 0 saturated carbocycles. The number of imidazole rings is 1. The minimum atomic E-state index is -0.124. The van der Waals surface area contributed by atoms with Crippen molar-refractivity contribution in [2.24, 2.45) is 0 Å². The third kappa shape index (κ3) is 5.54. The van der Waals surface area contributed by atoms with Crippen LogP contribution in [0.3, 0.4) is 0 Å². The van der Waals surface area contributed by atoms with Crippen LogP contribution in [0, 0.1) is 0 Å². The molecule has 0 unspecified atom stereocenters. The van der Waals surface area contributed by atoms with Gasteiger partial charge in [0.2, 0.25) is 5.78 Å². The molecule has 0 bridgehead atoms. The molecular weight excluding hydrogens is 300 g/mol. The lowest BCUT2D eigenvalue weighted by molar-refractivity contribution is 0.103. The molecular formula is C20H24N2O2. The molecule has 0 atom stereocenters. The molecule has 2 rings (SSSR count). The number of rotatable bonds is 8. The lowest BCUT2D eigenvalue weighted by atomic mass is 10.1. The Morgan fingerprint density at radius 2 is 1.92 bits per heavy atom. The van der Waals surface area contributed by atoms with E-state index < -0.39 is 0 Å². The van der Waals surface area contributed by atoms with Crippen molar-refractivity contribution in [3.63, 3.8) is 0 Å². The fraction of sp³-hybridized carbons (Fsp3) is 0.300. The first-order chi connectivity index (χ1) is 11.6. The lowest BCUT2D eigenvalue weighted by Crippen LogP contribution is -2.03. The average molecular weight is 324 g/mol. The van der Waals surface area contributed by atoms with Crippen molar-refractivity contribution in [3.8, 4) is 5.75 Å². The quantitative estimate of drug-likeness (QED) is 0.565. The molecule has 4 nitrogen and oxygen atoms in total. The van der Waals surface area contributed by atoms with Gasteiger partial charge in [-0.2, -0.15) is 0 Å². The van der Waals surface area contributed by atoms with Crippen molar-refractivity contribution >= 4 is 5.78 Å². The number of hydrogen-bond donors (Lipinski definition) is 1. The zero-order chi connectivity index (χ0) is 17.4. The largest absolute Gasteiger partial charge is 0.490 e. The first-order valence-corrected chi connectivity index (χ1v) is 8.12. The van der Waals surface area contributed by atoms with E-state index in [1.165, 1.54) is 11.1 Å². The van der Waals surface area contributed by atoms with Crippen LogP contribution >= 0.6 is 0 Å². The highest BCUT2D eigenvalue weighted by Crippen LogP contribution is 2.15. The Kier molecular flexibility index (Phi) is 6.55. The molecule has 0 amide bonds. The van der Waals surface area contributed by atoms with Gasteiger partial charge in [0.1, 0.15) is 12.4 Å². The van der Waals surface area contributed by atoms with Crippen LogP contribution in [-0.2, 0) is 0 Å². The van der Waals surface area contributed by atoms with Crippen LogP contribution in [0.15, 0.2) is 60.0 Å². The molecule has 0 aliphatic carbocycles. The molecule has 0 fully saturated rings. The van der Waals surface area contributed by atoms with E-state index in [9.17, 15) is 4.79 Å². The maximum absolute atomic E-state index is 12.1. The monoisotopic (exact) mass is 324 g/mol. The van der Waals surface area contributed by atoms with Crippen molar-refractivity contribution < 1.29 is 9.53 Å². The number of ether oxygens (including phenoxy) is 1. The smallest absolute Gasteiger partial charge is 0.228 e. The molecule has 0 radical (unpaired) electrons. The Bertz CT molecular complexity index is 707. The van der Waals surface area contributed by atoms with Gasteiger partial charge in [0.05, 0.1) is 0 Å². The van der Waals surface area contributed by atoms with Crippen molar-refractivity contribution in [2.45, 2.75) is 33.6 Å². The average Bonchev–Trinajstić information content (AvgIpc) is 3.09. The van der Waals surface area contributed by atoms with Crippen LogP contribution in [0.5, 0.6) is 5.75 Å². The van der Waals surface area contributed by atoms with E-state index in [0.717, 1.165) is 18.6 Å². The van der Waals surface area contributed by atoms with Crippen LogP contribution < -0.4 is 4.74 Å². The number of nitrogens with one attached hydrogen (secondary N) is 1. The summed E-state index contributed by atoms with van der Waals surface area (Å²) in [5.41, 5.74) is 3.26. The number of aromatic amines is 1. The molecule has 4 heteroatoms. The van der Waals surface area contributed by atoms with Crippen LogP contribution in [0.1, 0.15) is 49.8 Å². The summed E-state index contributed by atoms with van der Waals surface area (Å²) in [6, 6.07) is 7.13. The van der Waals surface area contributed by atoms with E-state index in [1.807, 2.05) is 12.1 Å². The number of hydrogen-bond acceptors (Lipinski definition) is 3. The number of carbonyl (C=O) groups is 1. The summed E-state index contributed by atoms with van der Waals surface area (Å²) in [6.45, 7) is 6.88. The second-order valence-corrected chi connectivity index (χ2v) is 5.97. The predicted octanol–water partition coefficient (Wildman–Crippen LogP) is 4.71. The van der Waals surface area contributed by atoms with Gasteiger partial charge in [0.25, 0.3) is 0 Å². The second kappa shape index (κ2) is 8.87. The molecule has 1 heterocycles. The highest BCUT2D eigenvalue weighted by molar-refractivity contribution is 6.06. The number of aromatic nitrogens is 2. The molecule has 2 aromatic rings. The van der Waals surface area contributed by atoms with E-state index in [0.29, 0.717) is 18.0 Å². The van der Waals surface area contributed by atoms with Gasteiger partial charge >= 0.3 is 0 Å². The third-order valence-corrected chi connectivity index (χ3v) is 3.60. The Hall–Kier alpha value is -2.62. The Labute approximate surface area is 143 Å². The molecule has 1 aromatic carbocycles. The van der Waals surface area contributed by atoms with Crippen LogP contribution in [0.2, 0.25) is 0 Å². The predicted molar refractivity (Wildman–Crippen MR) is 96.4 cm³/mol. The summed E-state index contributed by atoms with van der Waals surface area (Å²) in [4.78, 5) is 18.9. The first-order valence-electron chi connectivity index (χ1n) is 8.12. The number of allylic oxidation sites excluding steroid dienone is 3. The summed E-state index contributed by atoms with van der Waals surface area (Å²) in [5.74, 6) is 0.972. The zero-order valence-corrected chi connectivity index (χ0v) is 14.5. The SMILES string of the molecule is CC(C)=CCC/C(C)=C/COc1ccc(C(=O)c2ncc[nH]2)cc1. The highest BCUT2D eigenvalue weighted by Gasteiger charge is 2.10. The van der Waals surface area contributed by atoms with Crippen molar-refractivity contribution in [3.05, 3.63) is 71.3 Å². The van der Waals surface area contributed by atoms with E-state index in [-0.39, 0.29) is 5.78 Å². The van der Waals surface area contributed by atoms with Gasteiger partial charge in [0, 0.05) is 18.0 Å². The fourth-order valence-electron chi connectivity index (χ4n) is 2.20. The van der Waals surface area contributed by atoms with Gasteiger partial charge < -0.3 is 9.72 Å². The molecule has 1 aromatic heterocycles. The van der Waals surface area contributed by atoms with E-state index in [1.54, 1.807) is 24.5 Å². The number of H-pyrrole nitrogens is 1. The number of carbonyl (C=O) groups excluding carboxylic acids is 1. The van der Waals surface area contributed by atoms with Gasteiger partial charge in [-0.3, -0.25) is 4.79 Å². The van der Waals surface area contributed by atoms with Crippen molar-refractivity contribution in [1.82, 2.24) is 9.97 Å². The molecule has 0 saturated heterocycles. The first kappa shape index (κ1) is 17.7. The fourth-order valence-corrected chi connectivity index (χ4v) is 2.20. The summed E-state index contributed by atoms with van der Waals surface area (Å²) in [7, 11) is 0. The second-order valence-electron chi connectivity index (χ2n) is 5.97. The standard InChI is InChI=1S/C20H24N2O2/c1-15(2)5-4-6-16(3)11-14-24-18-9-7-17(8-10-18)19(23)20-21-12-13-22-20/h5,7-13H,4,6,14H2,1-3H3,(H,21,22)/b16-11+. The van der Waals surface area contributed by atoms with Crippen LogP contribution in [0.25, 0.3) is 0 Å². The molecule has 126 valence electrons. The van der Waals surface area contributed by atoms with E-state index in [2.05, 4.69) is 42.9 Å². The highest BCUT2D eigenvalue weighted by atomic mass is 16.5. The molecule has 0 aliphatic heterocycles. The topological polar surface area (TPSA) is 55.0 Å².